The van der Waals surface area contributed by atoms with Crippen molar-refractivity contribution >= 4 is 22.9 Å². The minimum Gasteiger partial charge on any atom is -0.489 e. The van der Waals surface area contributed by atoms with Gasteiger partial charge in [-0.3, -0.25) is 9.69 Å². The van der Waals surface area contributed by atoms with Crippen LogP contribution in [0.4, 0.5) is 0 Å². The summed E-state index contributed by atoms with van der Waals surface area (Å²) in [5.41, 5.74) is 2.97. The topological polar surface area (TPSA) is 37.7 Å². The molecule has 0 atom stereocenters. The Hall–Kier alpha value is -3.31. The molecule has 0 N–H and O–H groups in total. The predicted molar refractivity (Wildman–Crippen MR) is 131 cm³/mol. The summed E-state index contributed by atoms with van der Waals surface area (Å²) in [5.74, 6) is 0.885. The zero-order valence-electron chi connectivity index (χ0n) is 18.7. The second kappa shape index (κ2) is 10.3. The number of nitrogens with zero attached hydrogens (tertiary/aromatic N) is 3. The third kappa shape index (κ3) is 4.78. The maximum Gasteiger partial charge on any atom is 0.270 e. The van der Waals surface area contributed by atoms with E-state index in [4.69, 9.17) is 4.74 Å². The number of rotatable bonds is 8. The first-order valence-corrected chi connectivity index (χ1v) is 11.3. The number of hydrogen-bond acceptors (Lipinski definition) is 3. The summed E-state index contributed by atoms with van der Waals surface area (Å²) in [5, 5.41) is 0.976. The summed E-state index contributed by atoms with van der Waals surface area (Å²) in [6.45, 7) is 11.1. The number of carbonyl (C=O) groups is 1. The molecule has 5 heteroatoms. The smallest absolute Gasteiger partial charge is 0.270 e. The fraction of sp³-hybridized carbons (Fsp3) is 0.296. The third-order valence-corrected chi connectivity index (χ3v) is 5.93. The van der Waals surface area contributed by atoms with Crippen LogP contribution in [0.5, 0.6) is 5.75 Å². The second-order valence-electron chi connectivity index (χ2n) is 7.97. The van der Waals surface area contributed by atoms with E-state index in [-0.39, 0.29) is 5.91 Å². The summed E-state index contributed by atoms with van der Waals surface area (Å²) >= 11 is 0. The molecule has 32 heavy (non-hydrogen) atoms. The molecule has 2 heterocycles. The van der Waals surface area contributed by atoms with E-state index in [1.165, 1.54) is 5.56 Å². The molecule has 1 fully saturated rings. The Bertz CT molecular complexity index is 1090. The van der Waals surface area contributed by atoms with Crippen LogP contribution in [0.1, 0.15) is 23.0 Å². The minimum atomic E-state index is 0.0946. The molecule has 0 radical (unpaired) electrons. The van der Waals surface area contributed by atoms with Crippen molar-refractivity contribution in [2.24, 2.45) is 0 Å². The zero-order chi connectivity index (χ0) is 22.3. The van der Waals surface area contributed by atoms with Gasteiger partial charge >= 0.3 is 0 Å². The molecule has 1 aliphatic heterocycles. The average molecular weight is 430 g/mol. The maximum atomic E-state index is 13.4. The first-order valence-electron chi connectivity index (χ1n) is 11.3. The van der Waals surface area contributed by atoms with Gasteiger partial charge in [-0.25, -0.2) is 0 Å². The fourth-order valence-electron chi connectivity index (χ4n) is 4.25. The van der Waals surface area contributed by atoms with Crippen molar-refractivity contribution in [3.05, 3.63) is 84.6 Å². The van der Waals surface area contributed by atoms with Gasteiger partial charge in [-0.2, -0.15) is 0 Å². The molecule has 1 amide bonds. The summed E-state index contributed by atoms with van der Waals surface area (Å²) < 4.78 is 7.91. The number of aryl methyl sites for hydroxylation is 1. The van der Waals surface area contributed by atoms with Crippen LogP contribution in [-0.4, -0.2) is 59.6 Å². The van der Waals surface area contributed by atoms with Gasteiger partial charge in [0.1, 0.15) is 18.1 Å². The highest BCUT2D eigenvalue weighted by Gasteiger charge is 2.25. The Balaban J connectivity index is 1.42. The second-order valence-corrected chi connectivity index (χ2v) is 7.97. The van der Waals surface area contributed by atoms with Gasteiger partial charge in [0.25, 0.3) is 5.91 Å². The number of amides is 1. The van der Waals surface area contributed by atoms with E-state index < -0.39 is 0 Å². The molecule has 0 aliphatic carbocycles. The molecule has 5 nitrogen and oxygen atoms in total. The first kappa shape index (κ1) is 21.9. The molecular weight excluding hydrogens is 398 g/mol. The van der Waals surface area contributed by atoms with Crippen molar-refractivity contribution in [3.8, 4) is 5.75 Å². The van der Waals surface area contributed by atoms with Crippen LogP contribution in [-0.2, 0) is 6.54 Å². The minimum absolute atomic E-state index is 0.0946. The van der Waals surface area contributed by atoms with Crippen molar-refractivity contribution in [2.45, 2.75) is 13.5 Å². The van der Waals surface area contributed by atoms with Crippen LogP contribution in [0, 0.1) is 0 Å². The molecule has 0 saturated carbocycles. The van der Waals surface area contributed by atoms with Crippen molar-refractivity contribution in [1.82, 2.24) is 14.4 Å². The maximum absolute atomic E-state index is 13.4. The van der Waals surface area contributed by atoms with Crippen LogP contribution in [0.25, 0.3) is 17.0 Å². The van der Waals surface area contributed by atoms with Crippen LogP contribution in [0.15, 0.2) is 73.3 Å². The van der Waals surface area contributed by atoms with Gasteiger partial charge in [-0.1, -0.05) is 61.2 Å². The average Bonchev–Trinajstić information content (AvgIpc) is 3.22. The molecule has 2 aromatic carbocycles. The van der Waals surface area contributed by atoms with E-state index in [2.05, 4.69) is 47.3 Å². The van der Waals surface area contributed by atoms with Gasteiger partial charge in [0, 0.05) is 44.7 Å². The summed E-state index contributed by atoms with van der Waals surface area (Å²) in [6, 6.07) is 18.3. The van der Waals surface area contributed by atoms with Crippen molar-refractivity contribution in [1.29, 1.82) is 0 Å². The van der Waals surface area contributed by atoms with Crippen molar-refractivity contribution in [2.75, 3.05) is 39.3 Å². The first-order chi connectivity index (χ1) is 15.7. The molecule has 1 aliphatic rings. The number of ether oxygens (including phenoxy) is 1. The quantitative estimate of drug-likeness (QED) is 0.487. The van der Waals surface area contributed by atoms with Crippen LogP contribution in [0.2, 0.25) is 0 Å². The zero-order valence-corrected chi connectivity index (χ0v) is 18.7. The van der Waals surface area contributed by atoms with Gasteiger partial charge < -0.3 is 14.2 Å². The standard InChI is InChI=1S/C27H31N3O2/c1-3-20-32-26-14-8-13-24-23(26)21-25(30(24)4-2)27(31)29-18-16-28(17-19-29)15-9-12-22-10-6-5-7-11-22/h3,5-14,21H,1,4,15-20H2,2H3/b12-9+. The molecule has 4 rings (SSSR count). The summed E-state index contributed by atoms with van der Waals surface area (Å²) in [7, 11) is 0. The number of piperazine rings is 1. The molecule has 0 spiro atoms. The Morgan fingerprint density at radius 1 is 1.06 bits per heavy atom. The number of benzene rings is 2. The Morgan fingerprint density at radius 2 is 1.84 bits per heavy atom. The number of aromatic nitrogens is 1. The van der Waals surface area contributed by atoms with Gasteiger partial charge in [0.15, 0.2) is 0 Å². The molecule has 1 saturated heterocycles. The molecule has 166 valence electrons. The SMILES string of the molecule is C=CCOc1cccc2c1cc(C(=O)N1CCN(C/C=C/c3ccccc3)CC1)n2CC. The van der Waals surface area contributed by atoms with E-state index in [0.717, 1.165) is 61.6 Å². The highest BCUT2D eigenvalue weighted by atomic mass is 16.5. The Labute approximate surface area is 190 Å². The number of carbonyl (C=O) groups excluding carboxylic acids is 1. The van der Waals surface area contributed by atoms with Gasteiger partial charge in [0.2, 0.25) is 0 Å². The molecule has 1 aromatic heterocycles. The number of hydrogen-bond donors (Lipinski definition) is 0. The Morgan fingerprint density at radius 3 is 2.56 bits per heavy atom. The highest BCUT2D eigenvalue weighted by molar-refractivity contribution is 6.00. The highest BCUT2D eigenvalue weighted by Crippen LogP contribution is 2.30. The van der Waals surface area contributed by atoms with Gasteiger partial charge in [0.05, 0.1) is 5.52 Å². The van der Waals surface area contributed by atoms with Crippen molar-refractivity contribution in [3.63, 3.8) is 0 Å². The van der Waals surface area contributed by atoms with E-state index in [9.17, 15) is 4.79 Å². The predicted octanol–water partition coefficient (Wildman–Crippen LogP) is 4.70. The van der Waals surface area contributed by atoms with Gasteiger partial charge in [-0.05, 0) is 30.7 Å². The van der Waals surface area contributed by atoms with E-state index in [0.29, 0.717) is 6.61 Å². The Kier molecular flexibility index (Phi) is 7.07. The molecule has 0 unspecified atom stereocenters. The van der Waals surface area contributed by atoms with E-state index in [1.807, 2.05) is 47.4 Å². The summed E-state index contributed by atoms with van der Waals surface area (Å²) in [4.78, 5) is 17.8. The monoisotopic (exact) mass is 429 g/mol. The molecule has 0 bridgehead atoms. The lowest BCUT2D eigenvalue weighted by atomic mass is 10.2. The normalized spacial score (nSPS) is 14.8. The number of fused-ring (bicyclic) bond motifs is 1. The van der Waals surface area contributed by atoms with Crippen LogP contribution in [0.3, 0.4) is 0 Å². The lowest BCUT2D eigenvalue weighted by molar-refractivity contribution is 0.0640. The van der Waals surface area contributed by atoms with E-state index in [1.54, 1.807) is 6.08 Å². The lowest BCUT2D eigenvalue weighted by Gasteiger charge is -2.34. The lowest BCUT2D eigenvalue weighted by Crippen LogP contribution is -2.49. The largest absolute Gasteiger partial charge is 0.489 e. The summed E-state index contributed by atoms with van der Waals surface area (Å²) in [6.07, 6.45) is 6.09. The molecular formula is C27H31N3O2. The third-order valence-electron chi connectivity index (χ3n) is 5.93. The van der Waals surface area contributed by atoms with Crippen LogP contribution >= 0.6 is 0 Å². The molecule has 3 aromatic rings. The van der Waals surface area contributed by atoms with Gasteiger partial charge in [-0.15, -0.1) is 0 Å². The van der Waals surface area contributed by atoms with E-state index >= 15 is 0 Å². The van der Waals surface area contributed by atoms with Crippen molar-refractivity contribution < 1.29 is 9.53 Å². The fourth-order valence-corrected chi connectivity index (χ4v) is 4.25. The van der Waals surface area contributed by atoms with Crippen LogP contribution < -0.4 is 4.74 Å².